The van der Waals surface area contributed by atoms with Crippen molar-refractivity contribution in [2.75, 3.05) is 24.5 Å². The first-order valence-corrected chi connectivity index (χ1v) is 20.7. The summed E-state index contributed by atoms with van der Waals surface area (Å²) < 4.78 is 39.4. The number of pyridine rings is 1. The van der Waals surface area contributed by atoms with Crippen molar-refractivity contribution in [3.8, 4) is 17.2 Å². The van der Waals surface area contributed by atoms with Crippen LogP contribution in [0.3, 0.4) is 0 Å². The van der Waals surface area contributed by atoms with Crippen LogP contribution in [0.2, 0.25) is 10.0 Å². The number of halogens is 3. The number of thiazole rings is 1. The first kappa shape index (κ1) is 32.5. The first-order valence-electron chi connectivity index (χ1n) is 20.1. The second-order valence-corrected chi connectivity index (χ2v) is 18.1. The summed E-state index contributed by atoms with van der Waals surface area (Å²) in [7, 11) is 0. The lowest BCUT2D eigenvalue weighted by Crippen LogP contribution is -2.45. The van der Waals surface area contributed by atoms with Crippen LogP contribution in [0.1, 0.15) is 94.9 Å². The van der Waals surface area contributed by atoms with E-state index in [-0.39, 0.29) is 57.0 Å². The largest absolute Gasteiger partial charge is 0.346 e. The normalized spacial score (nSPS) is 28.1. The molecule has 0 spiro atoms. The van der Waals surface area contributed by atoms with Gasteiger partial charge in [0.1, 0.15) is 5.52 Å². The lowest BCUT2D eigenvalue weighted by molar-refractivity contribution is -0.135. The maximum absolute atomic E-state index is 17.4. The lowest BCUT2D eigenvalue weighted by Gasteiger charge is -2.40. The molecule has 0 radical (unpaired) electrons. The Morgan fingerprint density at radius 3 is 2.67 bits per heavy atom. The van der Waals surface area contributed by atoms with Crippen LogP contribution >= 0.6 is 34.5 Å². The topological polar surface area (TPSA) is 90.1 Å². The number of piperidine rings is 1. The van der Waals surface area contributed by atoms with Gasteiger partial charge in [-0.15, -0.1) is 11.3 Å². The Bertz CT molecular complexity index is 2520. The minimum Gasteiger partial charge on any atom is -0.346 e. The first-order chi connectivity index (χ1) is 26.8. The van der Waals surface area contributed by atoms with E-state index < -0.39 is 30.2 Å². The van der Waals surface area contributed by atoms with E-state index in [1.54, 1.807) is 25.1 Å². The van der Waals surface area contributed by atoms with Crippen molar-refractivity contribution < 1.29 is 11.9 Å². The van der Waals surface area contributed by atoms with Gasteiger partial charge in [0.25, 0.3) is 0 Å². The van der Waals surface area contributed by atoms with E-state index in [2.05, 4.69) is 35.9 Å². The van der Waals surface area contributed by atoms with Crippen LogP contribution in [0.4, 0.5) is 9.52 Å². The maximum Gasteiger partial charge on any atom is 0.226 e. The van der Waals surface area contributed by atoms with E-state index in [1.807, 2.05) is 29.0 Å². The van der Waals surface area contributed by atoms with Gasteiger partial charge < -0.3 is 19.7 Å². The Hall–Kier alpha value is -3.75. The molecule has 7 heterocycles. The Morgan fingerprint density at radius 2 is 1.98 bits per heavy atom. The molecule has 11 rings (SSSR count). The highest BCUT2D eigenvalue weighted by molar-refractivity contribution is 7.15. The molecule has 5 aromatic rings. The number of nitrogens with one attached hydrogen (secondary N) is 1. The number of nitrogens with zero attached hydrogens (tertiary/aromatic N) is 6. The number of aromatic nitrogens is 3. The van der Waals surface area contributed by atoms with Gasteiger partial charge in [0.2, 0.25) is 5.91 Å². The lowest BCUT2D eigenvalue weighted by atomic mass is 9.79. The van der Waals surface area contributed by atoms with Crippen LogP contribution in [-0.2, 0) is 4.79 Å². The van der Waals surface area contributed by atoms with E-state index in [0.29, 0.717) is 46.2 Å². The fourth-order valence-electron chi connectivity index (χ4n) is 9.76. The van der Waals surface area contributed by atoms with Gasteiger partial charge in [-0.1, -0.05) is 49.2 Å². The van der Waals surface area contributed by atoms with E-state index in [4.69, 9.17) is 33.2 Å². The molecule has 1 unspecified atom stereocenters. The van der Waals surface area contributed by atoms with Crippen LogP contribution < -0.4 is 10.2 Å². The third-order valence-electron chi connectivity index (χ3n) is 12.6. The van der Waals surface area contributed by atoms with Crippen molar-refractivity contribution >= 4 is 67.4 Å². The van der Waals surface area contributed by atoms with Crippen molar-refractivity contribution in [3.63, 3.8) is 0 Å². The molecule has 54 heavy (non-hydrogen) atoms. The Labute approximate surface area is 331 Å². The third-order valence-corrected chi connectivity index (χ3v) is 14.8. The molecular weight excluding hydrogens is 740 g/mol. The number of nitriles is 1. The number of aryl methyl sites for hydroxylation is 1. The minimum atomic E-state index is -1.81. The molecule has 3 aromatic heterocycles. The highest BCUT2D eigenvalue weighted by Gasteiger charge is 2.55. The van der Waals surface area contributed by atoms with E-state index in [1.165, 1.54) is 11.3 Å². The number of hydrogen-bond acceptors (Lipinski definition) is 7. The summed E-state index contributed by atoms with van der Waals surface area (Å²) in [5.74, 6) is -1.21. The van der Waals surface area contributed by atoms with Gasteiger partial charge >= 0.3 is 0 Å². The van der Waals surface area contributed by atoms with E-state index >= 15 is 4.39 Å². The standard InChI is InChI=1S/C42H42Cl2FN7OS/c1-19(2)33-16-48-42(54-33)50-17-24-10-25(18-50)51(41(53)22-8-9-22)39(24)32-13-28-21(4)49-37-29(40(28)52(32)38-23-11-31(38)47-15-23)12-27(20(3)14-46)34(36(37)45)26-6-5-7-30(43)35(26)44/h5-7,12-13,16,19-20,22-25,31,38-39,47H,8-11,15,17-18H2,1-4H3/t20?,23-,24+,25-,31-,38+,39-/m1/s1/i17D2. The fourth-order valence-corrected chi connectivity index (χ4v) is 11.0. The molecule has 7 atom stereocenters. The highest BCUT2D eigenvalue weighted by Crippen LogP contribution is 2.54. The number of hydrogen-bond donors (Lipinski definition) is 1. The van der Waals surface area contributed by atoms with Crippen LogP contribution in [0, 0.1) is 41.8 Å². The van der Waals surface area contributed by atoms with Gasteiger partial charge in [-0.05, 0) is 75.1 Å². The van der Waals surface area contributed by atoms with Crippen LogP contribution in [-0.4, -0.2) is 57.0 Å². The zero-order valence-electron chi connectivity index (χ0n) is 32.5. The summed E-state index contributed by atoms with van der Waals surface area (Å²) in [6.45, 7) is 7.26. The average molecular weight is 785 g/mol. The zero-order valence-corrected chi connectivity index (χ0v) is 32.9. The second kappa shape index (κ2) is 12.6. The zero-order chi connectivity index (χ0) is 39.1. The van der Waals surface area contributed by atoms with Crippen LogP contribution in [0.25, 0.3) is 32.9 Å². The Morgan fingerprint density at radius 1 is 1.17 bits per heavy atom. The molecule has 278 valence electrons. The van der Waals surface area contributed by atoms with Crippen molar-refractivity contribution in [2.45, 2.75) is 89.4 Å². The van der Waals surface area contributed by atoms with Gasteiger partial charge in [-0.3, -0.25) is 4.79 Å². The monoisotopic (exact) mass is 783 g/mol. The van der Waals surface area contributed by atoms with Crippen LogP contribution in [0.5, 0.6) is 0 Å². The molecule has 6 fully saturated rings. The van der Waals surface area contributed by atoms with Gasteiger partial charge in [-0.25, -0.2) is 14.4 Å². The average Bonchev–Trinajstić information content (AvgIpc) is 3.60. The predicted octanol–water partition coefficient (Wildman–Crippen LogP) is 9.54. The molecule has 1 amide bonds. The van der Waals surface area contributed by atoms with Crippen molar-refractivity contribution in [3.05, 3.63) is 74.2 Å². The number of rotatable bonds is 7. The van der Waals surface area contributed by atoms with Gasteiger partial charge in [0.15, 0.2) is 10.9 Å². The summed E-state index contributed by atoms with van der Waals surface area (Å²) in [6, 6.07) is 10.9. The summed E-state index contributed by atoms with van der Waals surface area (Å²) in [5, 5.41) is 16.5. The number of carbonyl (C=O) groups excluding carboxylic acids is 1. The number of amides is 1. The predicted molar refractivity (Wildman–Crippen MR) is 213 cm³/mol. The number of carbonyl (C=O) groups is 1. The summed E-state index contributed by atoms with van der Waals surface area (Å²) >= 11 is 14.7. The minimum absolute atomic E-state index is 0.0160. The molecule has 2 aromatic carbocycles. The molecule has 2 aliphatic carbocycles. The molecule has 4 aliphatic heterocycles. The quantitative estimate of drug-likeness (QED) is 0.177. The Balaban J connectivity index is 1.24. The number of likely N-dealkylation sites (tertiary alicyclic amines) is 1. The number of fused-ring (bicyclic) bond motifs is 6. The fraction of sp³-hybridized carbons (Fsp3) is 0.476. The summed E-state index contributed by atoms with van der Waals surface area (Å²) in [6.07, 6.45) is 5.07. The van der Waals surface area contributed by atoms with Crippen molar-refractivity contribution in [2.24, 2.45) is 17.8 Å². The number of anilines is 1. The Kier molecular flexibility index (Phi) is 7.60. The van der Waals surface area contributed by atoms with Gasteiger partial charge in [0, 0.05) is 84.6 Å². The number of benzene rings is 2. The molecule has 1 N–H and O–H groups in total. The van der Waals surface area contributed by atoms with E-state index in [0.717, 1.165) is 47.3 Å². The van der Waals surface area contributed by atoms with Crippen molar-refractivity contribution in [1.82, 2.24) is 24.8 Å². The maximum atomic E-state index is 17.4. The second-order valence-electron chi connectivity index (χ2n) is 16.3. The molecule has 12 heteroatoms. The summed E-state index contributed by atoms with van der Waals surface area (Å²) in [4.78, 5) is 29.1. The molecule has 8 nitrogen and oxygen atoms in total. The van der Waals surface area contributed by atoms with Crippen molar-refractivity contribution in [1.29, 1.82) is 5.26 Å². The highest BCUT2D eigenvalue weighted by atomic mass is 35.5. The summed E-state index contributed by atoms with van der Waals surface area (Å²) in [5.41, 5.74) is 3.55. The molecule has 4 saturated heterocycles. The van der Waals surface area contributed by atoms with Crippen LogP contribution in [0.15, 0.2) is 36.5 Å². The van der Waals surface area contributed by atoms with Gasteiger partial charge in [-0.2, -0.15) is 5.26 Å². The smallest absolute Gasteiger partial charge is 0.226 e. The third kappa shape index (κ3) is 5.11. The molecule has 4 bridgehead atoms. The van der Waals surface area contributed by atoms with Gasteiger partial charge in [0.05, 0.1) is 45.7 Å². The van der Waals surface area contributed by atoms with E-state index in [9.17, 15) is 12.8 Å². The molecule has 6 aliphatic rings. The molecule has 2 saturated carbocycles. The SMILES string of the molecule is [2H]C1([2H])[C@@H]2C[C@H](CN1c1ncc(C(C)C)s1)N(C(=O)C1CC1)[C@H]2c1cc2c(C)nc3c(F)c(-c4cccc(Cl)c4Cl)c(C(C)C#N)cc3c2n1[C@H]1[C@H]2CN[C@@H]1C2. The molecular formula is C42H42Cl2FN7OS.